The number of hydrogen-bond acceptors (Lipinski definition) is 1. The molecule has 1 amide bonds. The van der Waals surface area contributed by atoms with Gasteiger partial charge < -0.3 is 5.32 Å². The molecule has 0 aliphatic heterocycles. The summed E-state index contributed by atoms with van der Waals surface area (Å²) in [6.07, 6.45) is 4.39. The maximum Gasteiger partial charge on any atom is 0.399 e. The third-order valence-electron chi connectivity index (χ3n) is 4.82. The Hall–Kier alpha value is -1.84. The van der Waals surface area contributed by atoms with Gasteiger partial charge in [-0.15, -0.1) is 6.42 Å². The van der Waals surface area contributed by atoms with E-state index in [1.807, 2.05) is 0 Å². The van der Waals surface area contributed by atoms with Crippen LogP contribution >= 0.6 is 46.4 Å². The Bertz CT molecular complexity index is 1080. The van der Waals surface area contributed by atoms with E-state index < -0.39 is 23.5 Å². The summed E-state index contributed by atoms with van der Waals surface area (Å²) in [6.45, 7) is 0. The lowest BCUT2D eigenvalue weighted by molar-refractivity contribution is -0.139. The topological polar surface area (TPSA) is 29.1 Å². The fourth-order valence-electron chi connectivity index (χ4n) is 2.91. The molecule has 0 radical (unpaired) electrons. The highest BCUT2D eigenvalue weighted by molar-refractivity contribution is 6.48. The highest BCUT2D eigenvalue weighted by Crippen LogP contribution is 2.41. The summed E-state index contributed by atoms with van der Waals surface area (Å²) in [5, 5.41) is 2.66. The summed E-state index contributed by atoms with van der Waals surface area (Å²) in [4.78, 5) is 12.4. The molecule has 1 unspecified atom stereocenters. The van der Waals surface area contributed by atoms with Gasteiger partial charge in [0.1, 0.15) is 5.54 Å². The second kappa shape index (κ2) is 8.96. The molecule has 1 aliphatic carbocycles. The van der Waals surface area contributed by atoms with Gasteiger partial charge in [0.05, 0.1) is 31.6 Å². The Morgan fingerprint density at radius 2 is 1.71 bits per heavy atom. The average Bonchev–Trinajstić information content (AvgIpc) is 3.45. The Labute approximate surface area is 197 Å². The number of carbonyl (C=O) groups is 1. The summed E-state index contributed by atoms with van der Waals surface area (Å²) in [7, 11) is 0. The van der Waals surface area contributed by atoms with E-state index in [9.17, 15) is 18.0 Å². The van der Waals surface area contributed by atoms with Gasteiger partial charge in [-0.05, 0) is 48.2 Å². The normalized spacial score (nSPS) is 16.1. The molecule has 1 atom stereocenters. The van der Waals surface area contributed by atoms with Crippen molar-refractivity contribution in [3.8, 4) is 12.3 Å². The van der Waals surface area contributed by atoms with Crippen LogP contribution in [-0.2, 0) is 0 Å². The van der Waals surface area contributed by atoms with Crippen LogP contribution < -0.4 is 5.32 Å². The van der Waals surface area contributed by atoms with Crippen LogP contribution in [0.25, 0.3) is 6.08 Å². The monoisotopic (exact) mass is 505 g/mol. The van der Waals surface area contributed by atoms with Crippen LogP contribution in [0.3, 0.4) is 0 Å². The highest BCUT2D eigenvalue weighted by Gasteiger charge is 2.42. The molecule has 31 heavy (non-hydrogen) atoms. The van der Waals surface area contributed by atoms with Crippen LogP contribution in [0, 0.1) is 12.3 Å². The van der Waals surface area contributed by atoms with E-state index in [1.54, 1.807) is 0 Å². The summed E-state index contributed by atoms with van der Waals surface area (Å²) in [5.41, 5.74) is -0.238. The van der Waals surface area contributed by atoms with Crippen molar-refractivity contribution in [3.63, 3.8) is 0 Å². The molecule has 3 rings (SSSR count). The first-order valence-corrected chi connectivity index (χ1v) is 10.5. The average molecular weight is 507 g/mol. The first kappa shape index (κ1) is 23.8. The zero-order chi connectivity index (χ0) is 23.0. The van der Waals surface area contributed by atoms with Gasteiger partial charge in [-0.3, -0.25) is 4.79 Å². The minimum atomic E-state index is -4.60. The van der Waals surface area contributed by atoms with Crippen molar-refractivity contribution >= 4 is 58.4 Å². The number of amides is 1. The van der Waals surface area contributed by atoms with Gasteiger partial charge in [-0.25, -0.2) is 0 Å². The number of allylic oxidation sites excluding steroid dienone is 1. The second-order valence-electron chi connectivity index (χ2n) is 7.10. The number of alkyl halides is 3. The number of hydrogen-bond donors (Lipinski definition) is 1. The predicted molar refractivity (Wildman–Crippen MR) is 119 cm³/mol. The Morgan fingerprint density at radius 3 is 2.19 bits per heavy atom. The number of terminal acetylenes is 1. The van der Waals surface area contributed by atoms with Gasteiger partial charge in [0.2, 0.25) is 0 Å². The molecule has 2 aromatic carbocycles. The zero-order valence-electron chi connectivity index (χ0n) is 15.7. The molecule has 0 spiro atoms. The molecule has 2 aromatic rings. The van der Waals surface area contributed by atoms with Gasteiger partial charge in [0.25, 0.3) is 5.91 Å². The van der Waals surface area contributed by atoms with Crippen molar-refractivity contribution in [2.45, 2.75) is 30.5 Å². The van der Waals surface area contributed by atoms with E-state index in [0.29, 0.717) is 18.4 Å². The number of nitrogens with one attached hydrogen (secondary N) is 1. The second-order valence-corrected chi connectivity index (χ2v) is 8.70. The number of benzene rings is 2. The lowest BCUT2D eigenvalue weighted by Gasteiger charge is -2.18. The van der Waals surface area contributed by atoms with Gasteiger partial charge in [0, 0.05) is 0 Å². The number of halogens is 7. The summed E-state index contributed by atoms with van der Waals surface area (Å²) in [5.74, 6) is 0.123. The van der Waals surface area contributed by atoms with Crippen molar-refractivity contribution < 1.29 is 18.0 Å². The van der Waals surface area contributed by atoms with Crippen molar-refractivity contribution in [1.29, 1.82) is 0 Å². The van der Waals surface area contributed by atoms with Crippen LogP contribution in [0.5, 0.6) is 0 Å². The molecule has 1 fully saturated rings. The molecular formula is C22H14Cl4F3NO. The number of rotatable bonds is 5. The van der Waals surface area contributed by atoms with Crippen molar-refractivity contribution in [2.24, 2.45) is 0 Å². The molecule has 9 heteroatoms. The van der Waals surface area contributed by atoms with Crippen LogP contribution in [0.2, 0.25) is 20.1 Å². The quantitative estimate of drug-likeness (QED) is 0.329. The Kier molecular flexibility index (Phi) is 6.88. The van der Waals surface area contributed by atoms with Crippen molar-refractivity contribution in [2.75, 3.05) is 0 Å². The Balaban J connectivity index is 1.85. The van der Waals surface area contributed by atoms with E-state index >= 15 is 0 Å². The molecular weight excluding hydrogens is 493 g/mol. The van der Waals surface area contributed by atoms with E-state index in [2.05, 4.69) is 11.2 Å². The van der Waals surface area contributed by atoms with Gasteiger partial charge in [-0.1, -0.05) is 70.5 Å². The fourth-order valence-corrected chi connectivity index (χ4v) is 3.79. The lowest BCUT2D eigenvalue weighted by atomic mass is 9.97. The van der Waals surface area contributed by atoms with Gasteiger partial charge in [0.15, 0.2) is 0 Å². The highest BCUT2D eigenvalue weighted by atomic mass is 35.5. The van der Waals surface area contributed by atoms with Gasteiger partial charge in [-0.2, -0.15) is 13.2 Å². The molecule has 162 valence electrons. The van der Waals surface area contributed by atoms with Crippen LogP contribution in [-0.4, -0.2) is 17.6 Å². The Morgan fingerprint density at radius 1 is 1.10 bits per heavy atom. The largest absolute Gasteiger partial charge is 0.399 e. The minimum absolute atomic E-state index is 0.0181. The molecule has 0 aromatic heterocycles. The van der Waals surface area contributed by atoms with E-state index in [-0.39, 0.29) is 31.2 Å². The molecule has 0 heterocycles. The molecule has 0 bridgehead atoms. The number of carbonyl (C=O) groups excluding carboxylic acids is 1. The zero-order valence-corrected chi connectivity index (χ0v) is 18.7. The minimum Gasteiger partial charge on any atom is -0.336 e. The first-order chi connectivity index (χ1) is 14.5. The third kappa shape index (κ3) is 5.51. The summed E-state index contributed by atoms with van der Waals surface area (Å²) in [6, 6.07) is 6.57. The maximum absolute atomic E-state index is 13.7. The molecule has 2 nitrogen and oxygen atoms in total. The van der Waals surface area contributed by atoms with Gasteiger partial charge >= 0.3 is 6.18 Å². The fraction of sp³-hybridized carbons (Fsp3) is 0.227. The van der Waals surface area contributed by atoms with E-state index in [1.165, 1.54) is 24.3 Å². The molecule has 1 N–H and O–H groups in total. The standard InChI is InChI=1S/C22H14Cl4F3NO/c1-2-21(7-8-21)30-20(31)14-5-3-12(9-16(14)23)4-6-15(22(27,28)29)13-10-17(24)19(26)18(25)11-13/h1,3-6,9-11,15H,7-8H2,(H,30,31). The maximum atomic E-state index is 13.7. The summed E-state index contributed by atoms with van der Waals surface area (Å²) >= 11 is 23.8. The van der Waals surface area contributed by atoms with Crippen LogP contribution in [0.15, 0.2) is 36.4 Å². The van der Waals surface area contributed by atoms with Crippen LogP contribution in [0.4, 0.5) is 13.2 Å². The van der Waals surface area contributed by atoms with E-state index in [0.717, 1.165) is 18.2 Å². The smallest absolute Gasteiger partial charge is 0.336 e. The lowest BCUT2D eigenvalue weighted by Crippen LogP contribution is -2.35. The summed E-state index contributed by atoms with van der Waals surface area (Å²) < 4.78 is 41.0. The predicted octanol–water partition coefficient (Wildman–Crippen LogP) is 7.56. The third-order valence-corrected chi connectivity index (χ3v) is 6.33. The first-order valence-electron chi connectivity index (χ1n) is 8.95. The molecule has 1 aliphatic rings. The SMILES string of the molecule is C#CC1(NC(=O)c2ccc(C=CC(c3cc(Cl)c(Cl)c(Cl)c3)C(F)(F)F)cc2Cl)CC1. The molecule has 0 saturated heterocycles. The van der Waals surface area contributed by atoms with Crippen molar-refractivity contribution in [3.05, 3.63) is 73.2 Å². The van der Waals surface area contributed by atoms with Crippen molar-refractivity contribution in [1.82, 2.24) is 5.32 Å². The molecule has 1 saturated carbocycles. The van der Waals surface area contributed by atoms with Crippen LogP contribution in [0.1, 0.15) is 40.2 Å². The van der Waals surface area contributed by atoms with E-state index in [4.69, 9.17) is 52.8 Å².